The molecule has 0 saturated carbocycles. The molecule has 1 heterocycles. The van der Waals surface area contributed by atoms with Gasteiger partial charge in [0, 0.05) is 13.0 Å². The summed E-state index contributed by atoms with van der Waals surface area (Å²) in [5.74, 6) is 1.00. The number of likely N-dealkylation sites (tertiary alicyclic amines) is 1. The number of hydrogen-bond acceptors (Lipinski definition) is 3. The molecule has 0 bridgehead atoms. The molecule has 2 rings (SSSR count). The summed E-state index contributed by atoms with van der Waals surface area (Å²) in [6.07, 6.45) is 6.29. The standard InChI is InChI=1S/C18H28N2O2/c1-22-17-9-6-16(7-10-17)8-11-18(21)19-12-2-3-13-20-14-4-5-15-20/h6-7,9-10H,2-5,8,11-15H2,1H3,(H,19,21). The van der Waals surface area contributed by atoms with Crippen LogP contribution in [0.3, 0.4) is 0 Å². The predicted molar refractivity (Wildman–Crippen MR) is 89.2 cm³/mol. The average Bonchev–Trinajstić information content (AvgIpc) is 3.06. The van der Waals surface area contributed by atoms with Gasteiger partial charge < -0.3 is 15.0 Å². The molecule has 1 aromatic carbocycles. The Hall–Kier alpha value is -1.55. The quantitative estimate of drug-likeness (QED) is 0.713. The first-order valence-corrected chi connectivity index (χ1v) is 8.40. The third kappa shape index (κ3) is 6.06. The van der Waals surface area contributed by atoms with Crippen LogP contribution in [0.25, 0.3) is 0 Å². The summed E-state index contributed by atoms with van der Waals surface area (Å²) in [4.78, 5) is 14.3. The maximum atomic E-state index is 11.8. The Morgan fingerprint density at radius 2 is 1.91 bits per heavy atom. The van der Waals surface area contributed by atoms with Gasteiger partial charge in [0.2, 0.25) is 5.91 Å². The summed E-state index contributed by atoms with van der Waals surface area (Å²) in [6.45, 7) is 4.50. The van der Waals surface area contributed by atoms with Gasteiger partial charge >= 0.3 is 0 Å². The van der Waals surface area contributed by atoms with E-state index in [4.69, 9.17) is 4.74 Å². The highest BCUT2D eigenvalue weighted by atomic mass is 16.5. The molecule has 0 aliphatic carbocycles. The molecule has 0 atom stereocenters. The lowest BCUT2D eigenvalue weighted by Crippen LogP contribution is -2.26. The van der Waals surface area contributed by atoms with E-state index < -0.39 is 0 Å². The van der Waals surface area contributed by atoms with Crippen LogP contribution in [-0.2, 0) is 11.2 Å². The van der Waals surface area contributed by atoms with Crippen molar-refractivity contribution in [2.75, 3.05) is 33.3 Å². The smallest absolute Gasteiger partial charge is 0.220 e. The Labute approximate surface area is 133 Å². The summed E-state index contributed by atoms with van der Waals surface area (Å²) in [5.41, 5.74) is 1.17. The zero-order valence-corrected chi connectivity index (χ0v) is 13.6. The number of nitrogens with zero attached hydrogens (tertiary/aromatic N) is 1. The number of unbranched alkanes of at least 4 members (excludes halogenated alkanes) is 1. The number of hydrogen-bond donors (Lipinski definition) is 1. The number of methoxy groups -OCH3 is 1. The van der Waals surface area contributed by atoms with Crippen LogP contribution in [0.15, 0.2) is 24.3 Å². The zero-order chi connectivity index (χ0) is 15.6. The molecular weight excluding hydrogens is 276 g/mol. The fourth-order valence-electron chi connectivity index (χ4n) is 2.83. The van der Waals surface area contributed by atoms with Crippen molar-refractivity contribution < 1.29 is 9.53 Å². The molecule has 0 radical (unpaired) electrons. The molecule has 1 aliphatic rings. The summed E-state index contributed by atoms with van der Waals surface area (Å²) < 4.78 is 5.12. The van der Waals surface area contributed by atoms with Crippen molar-refractivity contribution in [2.24, 2.45) is 0 Å². The first-order valence-electron chi connectivity index (χ1n) is 8.40. The van der Waals surface area contributed by atoms with Crippen LogP contribution in [0.1, 0.15) is 37.7 Å². The monoisotopic (exact) mass is 304 g/mol. The van der Waals surface area contributed by atoms with E-state index in [1.165, 1.54) is 44.5 Å². The number of amides is 1. The molecule has 1 aromatic rings. The van der Waals surface area contributed by atoms with Crippen LogP contribution in [0.5, 0.6) is 5.75 Å². The summed E-state index contributed by atoms with van der Waals surface area (Å²) in [5, 5.41) is 3.02. The minimum absolute atomic E-state index is 0.150. The van der Waals surface area contributed by atoms with E-state index in [1.54, 1.807) is 7.11 Å². The first-order chi connectivity index (χ1) is 10.8. The molecule has 1 N–H and O–H groups in total. The Morgan fingerprint density at radius 1 is 1.18 bits per heavy atom. The third-order valence-corrected chi connectivity index (χ3v) is 4.22. The van der Waals surface area contributed by atoms with Gasteiger partial charge in [-0.05, 0) is 69.4 Å². The average molecular weight is 304 g/mol. The molecule has 0 unspecified atom stereocenters. The minimum atomic E-state index is 0.150. The Morgan fingerprint density at radius 3 is 2.59 bits per heavy atom. The van der Waals surface area contributed by atoms with Gasteiger partial charge in [0.05, 0.1) is 7.11 Å². The molecule has 1 fully saturated rings. The Bertz CT molecular complexity index is 439. The predicted octanol–water partition coefficient (Wildman–Crippen LogP) is 2.62. The van der Waals surface area contributed by atoms with Gasteiger partial charge in [0.1, 0.15) is 5.75 Å². The lowest BCUT2D eigenvalue weighted by molar-refractivity contribution is -0.121. The fourth-order valence-corrected chi connectivity index (χ4v) is 2.83. The number of benzene rings is 1. The summed E-state index contributed by atoms with van der Waals surface area (Å²) in [7, 11) is 1.66. The maximum absolute atomic E-state index is 11.8. The fraction of sp³-hybridized carbons (Fsp3) is 0.611. The third-order valence-electron chi connectivity index (χ3n) is 4.22. The van der Waals surface area contributed by atoms with Gasteiger partial charge in [0.15, 0.2) is 0 Å². The number of carbonyl (C=O) groups is 1. The molecule has 1 aliphatic heterocycles. The molecule has 4 nitrogen and oxygen atoms in total. The number of carbonyl (C=O) groups excluding carboxylic acids is 1. The van der Waals surface area contributed by atoms with E-state index in [0.717, 1.165) is 25.1 Å². The van der Waals surface area contributed by atoms with E-state index in [1.807, 2.05) is 24.3 Å². The minimum Gasteiger partial charge on any atom is -0.497 e. The van der Waals surface area contributed by atoms with Crippen LogP contribution in [0.2, 0.25) is 0 Å². The van der Waals surface area contributed by atoms with E-state index in [2.05, 4.69) is 10.2 Å². The molecule has 4 heteroatoms. The van der Waals surface area contributed by atoms with E-state index in [-0.39, 0.29) is 5.91 Å². The molecule has 0 aromatic heterocycles. The summed E-state index contributed by atoms with van der Waals surface area (Å²) in [6, 6.07) is 7.90. The second kappa shape index (κ2) is 9.46. The topological polar surface area (TPSA) is 41.6 Å². The molecule has 122 valence electrons. The van der Waals surface area contributed by atoms with Crippen LogP contribution in [0.4, 0.5) is 0 Å². The van der Waals surface area contributed by atoms with Crippen molar-refractivity contribution in [2.45, 2.75) is 38.5 Å². The van der Waals surface area contributed by atoms with Gasteiger partial charge in [-0.2, -0.15) is 0 Å². The second-order valence-electron chi connectivity index (χ2n) is 5.95. The molecule has 22 heavy (non-hydrogen) atoms. The van der Waals surface area contributed by atoms with Crippen molar-refractivity contribution in [3.8, 4) is 5.75 Å². The molecule has 1 amide bonds. The highest BCUT2D eigenvalue weighted by Crippen LogP contribution is 2.12. The van der Waals surface area contributed by atoms with Crippen molar-refractivity contribution >= 4 is 5.91 Å². The Kier molecular flexibility index (Phi) is 7.23. The van der Waals surface area contributed by atoms with Gasteiger partial charge in [0.25, 0.3) is 0 Å². The van der Waals surface area contributed by atoms with Crippen LogP contribution in [0, 0.1) is 0 Å². The maximum Gasteiger partial charge on any atom is 0.220 e. The number of ether oxygens (including phenoxy) is 1. The van der Waals surface area contributed by atoms with E-state index in [9.17, 15) is 4.79 Å². The van der Waals surface area contributed by atoms with Gasteiger partial charge in [-0.15, -0.1) is 0 Å². The molecule has 0 spiro atoms. The van der Waals surface area contributed by atoms with E-state index in [0.29, 0.717) is 6.42 Å². The zero-order valence-electron chi connectivity index (χ0n) is 13.6. The van der Waals surface area contributed by atoms with Crippen molar-refractivity contribution in [1.82, 2.24) is 10.2 Å². The van der Waals surface area contributed by atoms with Crippen molar-refractivity contribution in [3.63, 3.8) is 0 Å². The SMILES string of the molecule is COc1ccc(CCC(=O)NCCCCN2CCCC2)cc1. The summed E-state index contributed by atoms with van der Waals surface area (Å²) >= 11 is 0. The van der Waals surface area contributed by atoms with Gasteiger partial charge in [-0.1, -0.05) is 12.1 Å². The second-order valence-corrected chi connectivity index (χ2v) is 5.95. The largest absolute Gasteiger partial charge is 0.497 e. The van der Waals surface area contributed by atoms with E-state index >= 15 is 0 Å². The number of aryl methyl sites for hydroxylation is 1. The normalized spacial score (nSPS) is 15.0. The highest BCUT2D eigenvalue weighted by Gasteiger charge is 2.10. The van der Waals surface area contributed by atoms with Crippen molar-refractivity contribution in [3.05, 3.63) is 29.8 Å². The lowest BCUT2D eigenvalue weighted by atomic mass is 10.1. The van der Waals surface area contributed by atoms with Gasteiger partial charge in [-0.25, -0.2) is 0 Å². The molecule has 1 saturated heterocycles. The van der Waals surface area contributed by atoms with Crippen molar-refractivity contribution in [1.29, 1.82) is 0 Å². The lowest BCUT2D eigenvalue weighted by Gasteiger charge is -2.14. The first kappa shape index (κ1) is 16.8. The molecular formula is C18H28N2O2. The Balaban J connectivity index is 1.51. The highest BCUT2D eigenvalue weighted by molar-refractivity contribution is 5.76. The van der Waals surface area contributed by atoms with Crippen LogP contribution >= 0.6 is 0 Å². The number of nitrogens with one attached hydrogen (secondary N) is 1. The van der Waals surface area contributed by atoms with Crippen LogP contribution < -0.4 is 10.1 Å². The van der Waals surface area contributed by atoms with Crippen LogP contribution in [-0.4, -0.2) is 44.1 Å². The number of rotatable bonds is 9. The van der Waals surface area contributed by atoms with Gasteiger partial charge in [-0.3, -0.25) is 4.79 Å².